The SMILES string of the molecule is O=C(O)C1(Cc2nc(C3CCOCC3)no2)CCCCC1. The van der Waals surface area contributed by atoms with Crippen LogP contribution in [0.3, 0.4) is 0 Å². The lowest BCUT2D eigenvalue weighted by Gasteiger charge is -2.31. The zero-order chi connectivity index (χ0) is 14.7. The number of carboxylic acid groups (broad SMARTS) is 1. The van der Waals surface area contributed by atoms with Gasteiger partial charge in [0, 0.05) is 25.6 Å². The number of carbonyl (C=O) groups is 1. The summed E-state index contributed by atoms with van der Waals surface area (Å²) in [6.07, 6.45) is 6.63. The standard InChI is InChI=1S/C15H22N2O4/c18-14(19)15(6-2-1-3-7-15)10-12-16-13(17-21-12)11-4-8-20-9-5-11/h11H,1-10H2,(H,18,19). The van der Waals surface area contributed by atoms with E-state index in [0.29, 0.717) is 31.0 Å². The molecule has 1 aliphatic carbocycles. The second-order valence-electron chi connectivity index (χ2n) is 6.26. The molecule has 0 spiro atoms. The van der Waals surface area contributed by atoms with E-state index in [4.69, 9.17) is 9.26 Å². The molecule has 1 saturated heterocycles. The first kappa shape index (κ1) is 14.5. The van der Waals surface area contributed by atoms with E-state index in [1.54, 1.807) is 0 Å². The molecular weight excluding hydrogens is 272 g/mol. The highest BCUT2D eigenvalue weighted by Gasteiger charge is 2.41. The summed E-state index contributed by atoms with van der Waals surface area (Å²) < 4.78 is 10.7. The lowest BCUT2D eigenvalue weighted by atomic mass is 9.72. The van der Waals surface area contributed by atoms with Crippen LogP contribution in [0.5, 0.6) is 0 Å². The van der Waals surface area contributed by atoms with Crippen LogP contribution in [0.25, 0.3) is 0 Å². The Hall–Kier alpha value is -1.43. The van der Waals surface area contributed by atoms with Crippen LogP contribution < -0.4 is 0 Å². The number of nitrogens with zero attached hydrogens (tertiary/aromatic N) is 2. The number of rotatable bonds is 4. The van der Waals surface area contributed by atoms with E-state index < -0.39 is 11.4 Å². The van der Waals surface area contributed by atoms with Gasteiger partial charge in [-0.25, -0.2) is 0 Å². The summed E-state index contributed by atoms with van der Waals surface area (Å²) in [6, 6.07) is 0. The van der Waals surface area contributed by atoms with Crippen LogP contribution in [-0.2, 0) is 16.0 Å². The molecule has 1 aromatic rings. The van der Waals surface area contributed by atoms with Crippen molar-refractivity contribution in [3.8, 4) is 0 Å². The summed E-state index contributed by atoms with van der Waals surface area (Å²) in [6.45, 7) is 1.46. The lowest BCUT2D eigenvalue weighted by Crippen LogP contribution is -2.35. The summed E-state index contributed by atoms with van der Waals surface area (Å²) in [5.41, 5.74) is -0.711. The quantitative estimate of drug-likeness (QED) is 0.918. The molecule has 6 heteroatoms. The zero-order valence-electron chi connectivity index (χ0n) is 12.2. The van der Waals surface area contributed by atoms with Crippen LogP contribution in [0.1, 0.15) is 62.6 Å². The first-order valence-electron chi connectivity index (χ1n) is 7.83. The zero-order valence-corrected chi connectivity index (χ0v) is 12.2. The summed E-state index contributed by atoms with van der Waals surface area (Å²) in [4.78, 5) is 16.1. The molecule has 0 amide bonds. The van der Waals surface area contributed by atoms with Crippen molar-refractivity contribution >= 4 is 5.97 Å². The predicted octanol–water partition coefficient (Wildman–Crippen LogP) is 2.54. The van der Waals surface area contributed by atoms with E-state index in [2.05, 4.69) is 10.1 Å². The van der Waals surface area contributed by atoms with Gasteiger partial charge in [-0.15, -0.1) is 0 Å². The Kier molecular flexibility index (Phi) is 4.24. The average molecular weight is 294 g/mol. The second kappa shape index (κ2) is 6.13. The van der Waals surface area contributed by atoms with Gasteiger partial charge >= 0.3 is 5.97 Å². The summed E-state index contributed by atoms with van der Waals surface area (Å²) in [5.74, 6) is 0.738. The van der Waals surface area contributed by atoms with Crippen molar-refractivity contribution in [1.82, 2.24) is 10.1 Å². The molecule has 0 radical (unpaired) electrons. The van der Waals surface area contributed by atoms with E-state index in [0.717, 1.165) is 45.3 Å². The number of hydrogen-bond acceptors (Lipinski definition) is 5. The Bertz CT molecular complexity index is 488. The third kappa shape index (κ3) is 3.10. The molecule has 0 bridgehead atoms. The molecule has 2 fully saturated rings. The van der Waals surface area contributed by atoms with Gasteiger partial charge in [0.1, 0.15) is 0 Å². The number of aliphatic carboxylic acids is 1. The van der Waals surface area contributed by atoms with Crippen LogP contribution in [0, 0.1) is 5.41 Å². The fourth-order valence-corrected chi connectivity index (χ4v) is 3.45. The van der Waals surface area contributed by atoms with Crippen molar-refractivity contribution in [3.63, 3.8) is 0 Å². The number of carboxylic acids is 1. The Morgan fingerprint density at radius 1 is 1.24 bits per heavy atom. The van der Waals surface area contributed by atoms with Gasteiger partial charge in [0.15, 0.2) is 5.82 Å². The van der Waals surface area contributed by atoms with Crippen LogP contribution in [0.4, 0.5) is 0 Å². The van der Waals surface area contributed by atoms with Crippen molar-refractivity contribution in [1.29, 1.82) is 0 Å². The molecule has 0 atom stereocenters. The van der Waals surface area contributed by atoms with Crippen molar-refractivity contribution in [2.24, 2.45) is 5.41 Å². The van der Waals surface area contributed by atoms with Gasteiger partial charge in [0.2, 0.25) is 5.89 Å². The third-order valence-electron chi connectivity index (χ3n) is 4.82. The first-order valence-corrected chi connectivity index (χ1v) is 7.83. The minimum atomic E-state index is -0.729. The highest BCUT2D eigenvalue weighted by Crippen LogP contribution is 2.39. The van der Waals surface area contributed by atoms with Gasteiger partial charge in [-0.3, -0.25) is 4.79 Å². The van der Waals surface area contributed by atoms with Crippen LogP contribution >= 0.6 is 0 Å². The van der Waals surface area contributed by atoms with Gasteiger partial charge in [-0.05, 0) is 25.7 Å². The van der Waals surface area contributed by atoms with Gasteiger partial charge in [0.05, 0.1) is 5.41 Å². The van der Waals surface area contributed by atoms with Gasteiger partial charge in [-0.2, -0.15) is 4.98 Å². The van der Waals surface area contributed by atoms with E-state index >= 15 is 0 Å². The van der Waals surface area contributed by atoms with Crippen LogP contribution in [-0.4, -0.2) is 34.4 Å². The summed E-state index contributed by atoms with van der Waals surface area (Å²) in [7, 11) is 0. The molecule has 1 aromatic heterocycles. The average Bonchev–Trinajstić information content (AvgIpc) is 2.97. The Morgan fingerprint density at radius 2 is 1.95 bits per heavy atom. The van der Waals surface area contributed by atoms with Crippen molar-refractivity contribution in [3.05, 3.63) is 11.7 Å². The van der Waals surface area contributed by atoms with E-state index in [-0.39, 0.29) is 5.92 Å². The molecule has 6 nitrogen and oxygen atoms in total. The second-order valence-corrected chi connectivity index (χ2v) is 6.26. The summed E-state index contributed by atoms with van der Waals surface area (Å²) >= 11 is 0. The molecule has 1 saturated carbocycles. The minimum Gasteiger partial charge on any atom is -0.481 e. The highest BCUT2D eigenvalue weighted by molar-refractivity contribution is 5.75. The first-order chi connectivity index (χ1) is 10.2. The molecule has 21 heavy (non-hydrogen) atoms. The molecule has 0 aromatic carbocycles. The molecule has 0 unspecified atom stereocenters. The number of hydrogen-bond donors (Lipinski definition) is 1. The number of ether oxygens (including phenoxy) is 1. The van der Waals surface area contributed by atoms with Gasteiger partial charge < -0.3 is 14.4 Å². The van der Waals surface area contributed by atoms with Gasteiger partial charge in [-0.1, -0.05) is 24.4 Å². The topological polar surface area (TPSA) is 85.5 Å². The fourth-order valence-electron chi connectivity index (χ4n) is 3.45. The maximum atomic E-state index is 11.7. The summed E-state index contributed by atoms with van der Waals surface area (Å²) in [5, 5.41) is 13.7. The van der Waals surface area contributed by atoms with Crippen LogP contribution in [0.2, 0.25) is 0 Å². The molecule has 1 aliphatic heterocycles. The van der Waals surface area contributed by atoms with E-state index in [1.807, 2.05) is 0 Å². The maximum absolute atomic E-state index is 11.7. The number of aromatic nitrogens is 2. The van der Waals surface area contributed by atoms with Crippen molar-refractivity contribution in [2.45, 2.75) is 57.3 Å². The van der Waals surface area contributed by atoms with E-state index in [9.17, 15) is 9.90 Å². The lowest BCUT2D eigenvalue weighted by molar-refractivity contribution is -0.151. The molecule has 1 N–H and O–H groups in total. The normalized spacial score (nSPS) is 23.0. The smallest absolute Gasteiger partial charge is 0.310 e. The minimum absolute atomic E-state index is 0.281. The largest absolute Gasteiger partial charge is 0.481 e. The van der Waals surface area contributed by atoms with Gasteiger partial charge in [0.25, 0.3) is 0 Å². The van der Waals surface area contributed by atoms with Crippen molar-refractivity contribution in [2.75, 3.05) is 13.2 Å². The highest BCUT2D eigenvalue weighted by atomic mass is 16.5. The monoisotopic (exact) mass is 294 g/mol. The Labute approximate surface area is 123 Å². The molecule has 2 heterocycles. The predicted molar refractivity (Wildman–Crippen MR) is 73.9 cm³/mol. The molecule has 2 aliphatic rings. The molecule has 3 rings (SSSR count). The maximum Gasteiger partial charge on any atom is 0.310 e. The third-order valence-corrected chi connectivity index (χ3v) is 4.82. The van der Waals surface area contributed by atoms with E-state index in [1.165, 1.54) is 0 Å². The van der Waals surface area contributed by atoms with Crippen molar-refractivity contribution < 1.29 is 19.2 Å². The Balaban J connectivity index is 1.71. The Morgan fingerprint density at radius 3 is 2.62 bits per heavy atom. The molecular formula is C15H22N2O4. The van der Waals surface area contributed by atoms with Crippen LogP contribution in [0.15, 0.2) is 4.52 Å². The molecule has 116 valence electrons. The fraction of sp³-hybridized carbons (Fsp3) is 0.800.